The van der Waals surface area contributed by atoms with Crippen LogP contribution >= 0.6 is 15.9 Å². The van der Waals surface area contributed by atoms with Gasteiger partial charge in [-0.05, 0) is 40.4 Å². The zero-order valence-corrected chi connectivity index (χ0v) is 14.2. The van der Waals surface area contributed by atoms with Gasteiger partial charge in [-0.1, -0.05) is 13.8 Å². The van der Waals surface area contributed by atoms with Crippen molar-refractivity contribution in [3.63, 3.8) is 0 Å². The fourth-order valence-electron chi connectivity index (χ4n) is 1.76. The summed E-state index contributed by atoms with van der Waals surface area (Å²) in [5, 5.41) is 4.95. The molecule has 0 spiro atoms. The molecule has 0 aliphatic heterocycles. The predicted octanol–water partition coefficient (Wildman–Crippen LogP) is 1.48. The largest absolute Gasteiger partial charge is 0.467 e. The van der Waals surface area contributed by atoms with E-state index in [1.807, 2.05) is 13.8 Å². The lowest BCUT2D eigenvalue weighted by Crippen LogP contribution is -2.46. The molecule has 7 nitrogen and oxygen atoms in total. The molecule has 0 aromatic carbocycles. The maximum absolute atomic E-state index is 11.8. The van der Waals surface area contributed by atoms with Crippen LogP contribution in [0.2, 0.25) is 0 Å². The second-order valence-electron chi connectivity index (χ2n) is 5.06. The van der Waals surface area contributed by atoms with Gasteiger partial charge in [0.15, 0.2) is 10.4 Å². The van der Waals surface area contributed by atoms with Gasteiger partial charge < -0.3 is 19.8 Å². The normalized spacial score (nSPS) is 11.9. The summed E-state index contributed by atoms with van der Waals surface area (Å²) >= 11 is 3.08. The van der Waals surface area contributed by atoms with Crippen LogP contribution in [0.3, 0.4) is 0 Å². The van der Waals surface area contributed by atoms with E-state index in [1.165, 1.54) is 13.2 Å². The molecule has 1 atom stereocenters. The quantitative estimate of drug-likeness (QED) is 0.704. The second kappa shape index (κ2) is 8.57. The first-order valence-electron chi connectivity index (χ1n) is 6.74. The number of furan rings is 1. The summed E-state index contributed by atoms with van der Waals surface area (Å²) in [6.07, 6.45) is 0.456. The SMILES string of the molecule is COC(=O)C(CC(C)C)NC(=O)CNC(=O)c1ccc(Br)o1. The Morgan fingerprint density at radius 1 is 1.32 bits per heavy atom. The van der Waals surface area contributed by atoms with Gasteiger partial charge in [-0.25, -0.2) is 4.79 Å². The van der Waals surface area contributed by atoms with E-state index in [0.29, 0.717) is 11.1 Å². The van der Waals surface area contributed by atoms with Crippen molar-refractivity contribution >= 4 is 33.7 Å². The Hall–Kier alpha value is -1.83. The van der Waals surface area contributed by atoms with E-state index in [-0.39, 0.29) is 18.2 Å². The van der Waals surface area contributed by atoms with E-state index in [4.69, 9.17) is 4.42 Å². The second-order valence-corrected chi connectivity index (χ2v) is 5.84. The highest BCUT2D eigenvalue weighted by Gasteiger charge is 2.22. The highest BCUT2D eigenvalue weighted by Crippen LogP contribution is 2.13. The Morgan fingerprint density at radius 3 is 2.50 bits per heavy atom. The third-order valence-electron chi connectivity index (χ3n) is 2.73. The lowest BCUT2D eigenvalue weighted by atomic mass is 10.0. The first kappa shape index (κ1) is 18.2. The van der Waals surface area contributed by atoms with Gasteiger partial charge in [-0.2, -0.15) is 0 Å². The van der Waals surface area contributed by atoms with Crippen LogP contribution < -0.4 is 10.6 Å². The van der Waals surface area contributed by atoms with Crippen LogP contribution in [0.25, 0.3) is 0 Å². The summed E-state index contributed by atoms with van der Waals surface area (Å²) in [4.78, 5) is 35.1. The number of halogens is 1. The molecule has 0 saturated heterocycles. The minimum Gasteiger partial charge on any atom is -0.467 e. The number of amides is 2. The fourth-order valence-corrected chi connectivity index (χ4v) is 2.06. The number of ether oxygens (including phenoxy) is 1. The smallest absolute Gasteiger partial charge is 0.328 e. The van der Waals surface area contributed by atoms with Crippen molar-refractivity contribution in [2.24, 2.45) is 5.92 Å². The van der Waals surface area contributed by atoms with Crippen LogP contribution in [-0.2, 0) is 14.3 Å². The van der Waals surface area contributed by atoms with Crippen LogP contribution in [0.5, 0.6) is 0 Å². The zero-order valence-electron chi connectivity index (χ0n) is 12.6. The predicted molar refractivity (Wildman–Crippen MR) is 82.1 cm³/mol. The molecular weight excluding hydrogens is 356 g/mol. The van der Waals surface area contributed by atoms with Gasteiger partial charge in [0.25, 0.3) is 5.91 Å². The van der Waals surface area contributed by atoms with E-state index in [0.717, 1.165) is 0 Å². The molecule has 0 aliphatic rings. The van der Waals surface area contributed by atoms with Gasteiger partial charge in [0, 0.05) is 0 Å². The lowest BCUT2D eigenvalue weighted by molar-refractivity contribution is -0.145. The highest BCUT2D eigenvalue weighted by molar-refractivity contribution is 9.10. The minimum atomic E-state index is -0.729. The van der Waals surface area contributed by atoms with E-state index in [2.05, 4.69) is 31.3 Å². The van der Waals surface area contributed by atoms with Crippen LogP contribution in [0, 0.1) is 5.92 Å². The van der Waals surface area contributed by atoms with E-state index >= 15 is 0 Å². The molecule has 1 aromatic rings. The van der Waals surface area contributed by atoms with Gasteiger partial charge in [-0.15, -0.1) is 0 Å². The molecule has 1 heterocycles. The van der Waals surface area contributed by atoms with Gasteiger partial charge in [0.05, 0.1) is 13.7 Å². The molecule has 0 saturated carbocycles. The van der Waals surface area contributed by atoms with E-state index < -0.39 is 23.8 Å². The molecule has 22 heavy (non-hydrogen) atoms. The number of rotatable bonds is 7. The number of hydrogen-bond donors (Lipinski definition) is 2. The number of carbonyl (C=O) groups excluding carboxylic acids is 3. The van der Waals surface area contributed by atoms with Gasteiger partial charge in [-0.3, -0.25) is 9.59 Å². The van der Waals surface area contributed by atoms with Crippen molar-refractivity contribution in [3.8, 4) is 0 Å². The van der Waals surface area contributed by atoms with Crippen molar-refractivity contribution in [2.75, 3.05) is 13.7 Å². The first-order valence-corrected chi connectivity index (χ1v) is 7.53. The van der Waals surface area contributed by atoms with Gasteiger partial charge in [0.2, 0.25) is 5.91 Å². The molecule has 0 bridgehead atoms. The Kier molecular flexibility index (Phi) is 7.10. The van der Waals surface area contributed by atoms with Crippen LogP contribution in [0.15, 0.2) is 21.2 Å². The summed E-state index contributed by atoms with van der Waals surface area (Å²) in [6.45, 7) is 3.60. The first-order chi connectivity index (χ1) is 10.3. The Labute approximate surface area is 136 Å². The topological polar surface area (TPSA) is 97.6 Å². The summed E-state index contributed by atoms with van der Waals surface area (Å²) in [5.74, 6) is -1.21. The summed E-state index contributed by atoms with van der Waals surface area (Å²) in [7, 11) is 1.26. The summed E-state index contributed by atoms with van der Waals surface area (Å²) < 4.78 is 10.1. The average Bonchev–Trinajstić information content (AvgIpc) is 2.89. The molecule has 1 rings (SSSR count). The van der Waals surface area contributed by atoms with Crippen molar-refractivity contribution in [2.45, 2.75) is 26.3 Å². The molecule has 1 aromatic heterocycles. The zero-order chi connectivity index (χ0) is 16.7. The molecule has 8 heteroatoms. The molecular formula is C14H19BrN2O5. The molecule has 122 valence electrons. The summed E-state index contributed by atoms with van der Waals surface area (Å²) in [6, 6.07) is 2.32. The Morgan fingerprint density at radius 2 is 2.00 bits per heavy atom. The number of hydrogen-bond acceptors (Lipinski definition) is 5. The minimum absolute atomic E-state index is 0.0892. The number of carbonyl (C=O) groups is 3. The average molecular weight is 375 g/mol. The lowest BCUT2D eigenvalue weighted by Gasteiger charge is -2.18. The van der Waals surface area contributed by atoms with Crippen LogP contribution in [0.4, 0.5) is 0 Å². The van der Waals surface area contributed by atoms with Crippen molar-refractivity contribution < 1.29 is 23.5 Å². The van der Waals surface area contributed by atoms with Gasteiger partial charge in [0.1, 0.15) is 6.04 Å². The van der Waals surface area contributed by atoms with Gasteiger partial charge >= 0.3 is 5.97 Å². The molecule has 0 aliphatic carbocycles. The molecule has 0 radical (unpaired) electrons. The fraction of sp³-hybridized carbons (Fsp3) is 0.500. The van der Waals surface area contributed by atoms with Crippen molar-refractivity contribution in [1.82, 2.24) is 10.6 Å². The Balaban J connectivity index is 2.49. The summed E-state index contributed by atoms with van der Waals surface area (Å²) in [5.41, 5.74) is 0. The van der Waals surface area contributed by atoms with Crippen LogP contribution in [-0.4, -0.2) is 37.5 Å². The maximum Gasteiger partial charge on any atom is 0.328 e. The highest BCUT2D eigenvalue weighted by atomic mass is 79.9. The van der Waals surface area contributed by atoms with Crippen molar-refractivity contribution in [3.05, 3.63) is 22.6 Å². The standard InChI is InChI=1S/C14H19BrN2O5/c1-8(2)6-9(14(20)21-3)17-12(18)7-16-13(19)10-4-5-11(15)22-10/h4-5,8-9H,6-7H2,1-3H3,(H,16,19)(H,17,18). The molecule has 0 fully saturated rings. The van der Waals surface area contributed by atoms with Crippen molar-refractivity contribution in [1.29, 1.82) is 0 Å². The third-order valence-corrected chi connectivity index (χ3v) is 3.16. The monoisotopic (exact) mass is 374 g/mol. The number of methoxy groups -OCH3 is 1. The molecule has 2 N–H and O–H groups in total. The number of nitrogens with one attached hydrogen (secondary N) is 2. The molecule has 1 unspecified atom stereocenters. The van der Waals surface area contributed by atoms with Crippen LogP contribution in [0.1, 0.15) is 30.8 Å². The van der Waals surface area contributed by atoms with E-state index in [1.54, 1.807) is 6.07 Å². The molecule has 2 amide bonds. The van der Waals surface area contributed by atoms with E-state index in [9.17, 15) is 14.4 Å². The number of esters is 1. The maximum atomic E-state index is 11.8. The third kappa shape index (κ3) is 5.88. The Bertz CT molecular complexity index is 541.